The molecule has 20 heavy (non-hydrogen) atoms. The Labute approximate surface area is 123 Å². The van der Waals surface area contributed by atoms with Crippen LogP contribution in [0.15, 0.2) is 23.1 Å². The number of aromatic carboxylic acids is 1. The summed E-state index contributed by atoms with van der Waals surface area (Å²) in [5, 5.41) is 8.84. The first kappa shape index (κ1) is 15.3. The van der Waals surface area contributed by atoms with E-state index in [4.69, 9.17) is 16.7 Å². The van der Waals surface area contributed by atoms with Crippen LogP contribution in [-0.2, 0) is 10.0 Å². The van der Waals surface area contributed by atoms with E-state index in [2.05, 4.69) is 0 Å². The summed E-state index contributed by atoms with van der Waals surface area (Å²) in [4.78, 5) is 10.9. The second-order valence-electron chi connectivity index (χ2n) is 4.91. The van der Waals surface area contributed by atoms with Crippen LogP contribution in [0.5, 0.6) is 0 Å². The molecular weight excluding hydrogens is 302 g/mol. The molecule has 0 saturated carbocycles. The molecule has 7 heteroatoms. The average Bonchev–Trinajstić information content (AvgIpc) is 2.38. The molecule has 0 bridgehead atoms. The minimum Gasteiger partial charge on any atom is -0.478 e. The minimum atomic E-state index is -3.62. The maximum Gasteiger partial charge on any atom is 0.337 e. The van der Waals surface area contributed by atoms with E-state index in [9.17, 15) is 13.2 Å². The molecule has 0 amide bonds. The summed E-state index contributed by atoms with van der Waals surface area (Å²) >= 11 is 5.84. The lowest BCUT2D eigenvalue weighted by Crippen LogP contribution is -2.41. The van der Waals surface area contributed by atoms with Gasteiger partial charge in [-0.25, -0.2) is 13.2 Å². The molecule has 110 valence electrons. The van der Waals surface area contributed by atoms with Crippen molar-refractivity contribution in [2.75, 3.05) is 6.54 Å². The Morgan fingerprint density at radius 3 is 2.65 bits per heavy atom. The molecule has 0 aromatic heterocycles. The van der Waals surface area contributed by atoms with E-state index in [1.807, 2.05) is 6.92 Å². The van der Waals surface area contributed by atoms with Gasteiger partial charge in [-0.15, -0.1) is 0 Å². The van der Waals surface area contributed by atoms with E-state index in [0.29, 0.717) is 6.54 Å². The third-order valence-corrected chi connectivity index (χ3v) is 5.84. The van der Waals surface area contributed by atoms with Gasteiger partial charge in [0.15, 0.2) is 0 Å². The zero-order chi connectivity index (χ0) is 14.9. The van der Waals surface area contributed by atoms with E-state index in [-0.39, 0.29) is 21.5 Å². The van der Waals surface area contributed by atoms with Gasteiger partial charge in [0, 0.05) is 12.6 Å². The van der Waals surface area contributed by atoms with Crippen molar-refractivity contribution in [2.45, 2.75) is 37.1 Å². The highest BCUT2D eigenvalue weighted by atomic mass is 35.5. The highest BCUT2D eigenvalue weighted by Crippen LogP contribution is 2.27. The molecule has 0 radical (unpaired) electrons. The fraction of sp³-hybridized carbons (Fsp3) is 0.462. The first-order valence-corrected chi connectivity index (χ1v) is 8.20. The lowest BCUT2D eigenvalue weighted by Gasteiger charge is -2.32. The molecule has 0 aliphatic carbocycles. The number of hydrogen-bond acceptors (Lipinski definition) is 3. The molecule has 1 unspecified atom stereocenters. The van der Waals surface area contributed by atoms with Crippen LogP contribution >= 0.6 is 11.6 Å². The molecule has 1 aliphatic rings. The van der Waals surface area contributed by atoms with E-state index in [0.717, 1.165) is 19.3 Å². The first-order chi connectivity index (χ1) is 9.34. The number of rotatable bonds is 3. The predicted octanol–water partition coefficient (Wildman–Crippen LogP) is 2.60. The largest absolute Gasteiger partial charge is 0.478 e. The fourth-order valence-corrected chi connectivity index (χ4v) is 4.45. The minimum absolute atomic E-state index is 0.0428. The van der Waals surface area contributed by atoms with Gasteiger partial charge in [-0.05, 0) is 38.0 Å². The van der Waals surface area contributed by atoms with Crippen molar-refractivity contribution in [1.29, 1.82) is 0 Å². The summed E-state index contributed by atoms with van der Waals surface area (Å²) in [6.45, 7) is 2.37. The van der Waals surface area contributed by atoms with Crippen molar-refractivity contribution in [3.8, 4) is 0 Å². The highest BCUT2D eigenvalue weighted by molar-refractivity contribution is 7.89. The summed E-state index contributed by atoms with van der Waals surface area (Å²) in [5.41, 5.74) is -0.0997. The SMILES string of the molecule is CC1CCCCN1S(=O)(=O)c1ccc(C(=O)O)c(Cl)c1. The molecule has 1 N–H and O–H groups in total. The van der Waals surface area contributed by atoms with Gasteiger partial charge >= 0.3 is 5.97 Å². The number of halogens is 1. The van der Waals surface area contributed by atoms with Gasteiger partial charge in [0.1, 0.15) is 0 Å². The normalized spacial score (nSPS) is 20.8. The molecule has 0 spiro atoms. The van der Waals surface area contributed by atoms with Crippen molar-refractivity contribution in [1.82, 2.24) is 4.31 Å². The van der Waals surface area contributed by atoms with Gasteiger partial charge in [-0.1, -0.05) is 18.0 Å². The topological polar surface area (TPSA) is 74.7 Å². The van der Waals surface area contributed by atoms with Crippen molar-refractivity contribution in [3.63, 3.8) is 0 Å². The number of sulfonamides is 1. The van der Waals surface area contributed by atoms with Crippen molar-refractivity contribution >= 4 is 27.6 Å². The molecule has 1 saturated heterocycles. The van der Waals surface area contributed by atoms with Gasteiger partial charge in [0.2, 0.25) is 10.0 Å². The molecule has 1 fully saturated rings. The van der Waals surface area contributed by atoms with Crippen LogP contribution < -0.4 is 0 Å². The van der Waals surface area contributed by atoms with Crippen molar-refractivity contribution < 1.29 is 18.3 Å². The second kappa shape index (κ2) is 5.71. The molecule has 5 nitrogen and oxygen atoms in total. The van der Waals surface area contributed by atoms with E-state index >= 15 is 0 Å². The Balaban J connectivity index is 2.39. The van der Waals surface area contributed by atoms with Gasteiger partial charge in [-0.2, -0.15) is 4.31 Å². The predicted molar refractivity (Wildman–Crippen MR) is 75.6 cm³/mol. The Morgan fingerprint density at radius 1 is 1.40 bits per heavy atom. The smallest absolute Gasteiger partial charge is 0.337 e. The number of carbonyl (C=O) groups is 1. The summed E-state index contributed by atoms with van der Waals surface area (Å²) in [7, 11) is -3.62. The maximum absolute atomic E-state index is 12.6. The Bertz CT molecular complexity index is 629. The zero-order valence-electron chi connectivity index (χ0n) is 11.0. The van der Waals surface area contributed by atoms with Crippen LogP contribution in [0.2, 0.25) is 5.02 Å². The average molecular weight is 318 g/mol. The zero-order valence-corrected chi connectivity index (χ0v) is 12.6. The van der Waals surface area contributed by atoms with Crippen LogP contribution in [-0.4, -0.2) is 36.4 Å². The second-order valence-corrected chi connectivity index (χ2v) is 7.21. The first-order valence-electron chi connectivity index (χ1n) is 6.38. The summed E-state index contributed by atoms with van der Waals surface area (Å²) < 4.78 is 26.6. The molecule has 1 heterocycles. The Morgan fingerprint density at radius 2 is 2.10 bits per heavy atom. The summed E-state index contributed by atoms with van der Waals surface area (Å²) in [6, 6.07) is 3.69. The van der Waals surface area contributed by atoms with Gasteiger partial charge in [-0.3, -0.25) is 0 Å². The molecule has 1 aromatic carbocycles. The number of carboxylic acid groups (broad SMARTS) is 1. The third-order valence-electron chi connectivity index (χ3n) is 3.52. The number of hydrogen-bond donors (Lipinski definition) is 1. The highest BCUT2D eigenvalue weighted by Gasteiger charge is 2.31. The van der Waals surface area contributed by atoms with E-state index in [1.54, 1.807) is 0 Å². The number of piperidine rings is 1. The fourth-order valence-electron chi connectivity index (χ4n) is 2.39. The molecule has 1 aliphatic heterocycles. The molecule has 2 rings (SSSR count). The van der Waals surface area contributed by atoms with Gasteiger partial charge in [0.25, 0.3) is 0 Å². The van der Waals surface area contributed by atoms with Crippen LogP contribution in [0.3, 0.4) is 0 Å². The number of benzene rings is 1. The molecule has 1 atom stereocenters. The Hall–Kier alpha value is -1.11. The van der Waals surface area contributed by atoms with Crippen molar-refractivity contribution in [2.24, 2.45) is 0 Å². The van der Waals surface area contributed by atoms with Gasteiger partial charge in [0.05, 0.1) is 15.5 Å². The molecular formula is C13H16ClNO4S. The Kier molecular flexibility index (Phi) is 4.36. The van der Waals surface area contributed by atoms with E-state index < -0.39 is 16.0 Å². The molecule has 1 aromatic rings. The quantitative estimate of drug-likeness (QED) is 0.929. The van der Waals surface area contributed by atoms with E-state index in [1.165, 1.54) is 22.5 Å². The van der Waals surface area contributed by atoms with Crippen LogP contribution in [0.4, 0.5) is 0 Å². The van der Waals surface area contributed by atoms with Crippen LogP contribution in [0.25, 0.3) is 0 Å². The van der Waals surface area contributed by atoms with Crippen LogP contribution in [0.1, 0.15) is 36.5 Å². The van der Waals surface area contributed by atoms with Crippen molar-refractivity contribution in [3.05, 3.63) is 28.8 Å². The monoisotopic (exact) mass is 317 g/mol. The lowest BCUT2D eigenvalue weighted by molar-refractivity contribution is 0.0697. The summed E-state index contributed by atoms with van der Waals surface area (Å²) in [6.07, 6.45) is 2.69. The van der Waals surface area contributed by atoms with Gasteiger partial charge < -0.3 is 5.11 Å². The third kappa shape index (κ3) is 2.82. The van der Waals surface area contributed by atoms with Crippen LogP contribution in [0, 0.1) is 0 Å². The lowest BCUT2D eigenvalue weighted by atomic mass is 10.1. The maximum atomic E-state index is 12.6. The number of carboxylic acids is 1. The standard InChI is InChI=1S/C13H16ClNO4S/c1-9-4-2-3-7-15(9)20(18,19)10-5-6-11(13(16)17)12(14)8-10/h5-6,8-9H,2-4,7H2,1H3,(H,16,17). The summed E-state index contributed by atoms with van der Waals surface area (Å²) in [5.74, 6) is -1.18. The number of nitrogens with zero attached hydrogens (tertiary/aromatic N) is 1.